The van der Waals surface area contributed by atoms with Crippen molar-refractivity contribution in [3.8, 4) is 11.1 Å². The minimum absolute atomic E-state index is 0.0282. The maximum Gasteiger partial charge on any atom is 0.269 e. The smallest absolute Gasteiger partial charge is 0.269 e. The van der Waals surface area contributed by atoms with Gasteiger partial charge in [0.15, 0.2) is 6.29 Å². The van der Waals surface area contributed by atoms with E-state index in [1.165, 1.54) is 4.90 Å². The number of carbonyl (C=O) groups is 2. The Morgan fingerprint density at radius 2 is 1.38 bits per heavy atom. The highest BCUT2D eigenvalue weighted by atomic mass is 16.7. The molecule has 1 N–H and O–H groups in total. The summed E-state index contributed by atoms with van der Waals surface area (Å²) >= 11 is 0. The monoisotopic (exact) mass is 738 g/mol. The van der Waals surface area contributed by atoms with E-state index in [1.807, 2.05) is 84.9 Å². The molecule has 4 unspecified atom stereocenters. The van der Waals surface area contributed by atoms with Gasteiger partial charge in [-0.05, 0) is 58.1 Å². The average molecular weight is 739 g/mol. The lowest BCUT2D eigenvalue weighted by Crippen LogP contribution is -2.51. The maximum atomic E-state index is 13.0. The second-order valence-electron chi connectivity index (χ2n) is 14.4. The number of piperazine rings is 1. The molecule has 11 heteroatoms. The number of imide groups is 1. The van der Waals surface area contributed by atoms with Gasteiger partial charge in [0.2, 0.25) is 0 Å². The van der Waals surface area contributed by atoms with E-state index in [0.717, 1.165) is 71.8 Å². The molecule has 0 aliphatic carbocycles. The van der Waals surface area contributed by atoms with Crippen molar-refractivity contribution in [2.45, 2.75) is 38.6 Å². The Labute approximate surface area is 319 Å². The van der Waals surface area contributed by atoms with Crippen molar-refractivity contribution in [1.29, 1.82) is 0 Å². The lowest BCUT2D eigenvalue weighted by Gasteiger charge is -2.44. The standard InChI is InChI=1S/C44H42N4O7/c1-29-40(27-45-21-23-46(24-22-45)36-17-19-37(20-18-36)48(52)53)54-44(55-41(29)33-11-9-30(28-49)10-12-33)34-15-13-32(14-16-34)35-6-4-5-31(25-35)26-47-42(50)38-7-2-3-8-39(38)43(47)51/h2-20,25,29,40-41,44,49H,21-24,26-28H2,1H3. The summed E-state index contributed by atoms with van der Waals surface area (Å²) in [5, 5.41) is 20.8. The molecule has 8 rings (SSSR count). The zero-order valence-electron chi connectivity index (χ0n) is 30.5. The van der Waals surface area contributed by atoms with E-state index in [4.69, 9.17) is 9.47 Å². The van der Waals surface area contributed by atoms with E-state index in [-0.39, 0.29) is 53.7 Å². The summed E-state index contributed by atoms with van der Waals surface area (Å²) in [5.74, 6) is -0.515. The van der Waals surface area contributed by atoms with Crippen LogP contribution in [0.5, 0.6) is 0 Å². The molecule has 280 valence electrons. The van der Waals surface area contributed by atoms with E-state index >= 15 is 0 Å². The van der Waals surface area contributed by atoms with Gasteiger partial charge in [0, 0.05) is 62.0 Å². The van der Waals surface area contributed by atoms with Crippen LogP contribution in [0, 0.1) is 16.0 Å². The number of anilines is 1. The summed E-state index contributed by atoms with van der Waals surface area (Å²) in [6, 6.07) is 37.6. The second-order valence-corrected chi connectivity index (χ2v) is 14.4. The Morgan fingerprint density at radius 1 is 0.727 bits per heavy atom. The van der Waals surface area contributed by atoms with Gasteiger partial charge in [-0.1, -0.05) is 85.8 Å². The fourth-order valence-corrected chi connectivity index (χ4v) is 7.80. The van der Waals surface area contributed by atoms with Crippen LogP contribution in [-0.4, -0.2) is 70.5 Å². The van der Waals surface area contributed by atoms with Gasteiger partial charge in [0.05, 0.1) is 41.4 Å². The predicted octanol–water partition coefficient (Wildman–Crippen LogP) is 7.16. The Hall–Kier alpha value is -5.72. The molecular weight excluding hydrogens is 697 g/mol. The number of ether oxygens (including phenoxy) is 2. The highest BCUT2D eigenvalue weighted by Gasteiger charge is 2.40. The second kappa shape index (κ2) is 15.6. The van der Waals surface area contributed by atoms with Gasteiger partial charge in [0.25, 0.3) is 17.5 Å². The number of amides is 2. The number of non-ortho nitro benzene ring substituents is 1. The largest absolute Gasteiger partial charge is 0.392 e. The van der Waals surface area contributed by atoms with E-state index < -0.39 is 6.29 Å². The predicted molar refractivity (Wildman–Crippen MR) is 207 cm³/mol. The van der Waals surface area contributed by atoms with E-state index in [1.54, 1.807) is 36.4 Å². The van der Waals surface area contributed by atoms with Gasteiger partial charge in [-0.2, -0.15) is 0 Å². The Balaban J connectivity index is 0.971. The molecule has 0 bridgehead atoms. The number of nitro groups is 1. The Bertz CT molecular complexity index is 2150. The molecule has 3 heterocycles. The zero-order valence-corrected chi connectivity index (χ0v) is 30.5. The van der Waals surface area contributed by atoms with Crippen molar-refractivity contribution in [2.75, 3.05) is 37.6 Å². The van der Waals surface area contributed by atoms with E-state index in [2.05, 4.69) is 16.7 Å². The normalized spacial score (nSPS) is 21.5. The van der Waals surface area contributed by atoms with Crippen molar-refractivity contribution in [1.82, 2.24) is 9.80 Å². The van der Waals surface area contributed by atoms with E-state index in [9.17, 15) is 24.8 Å². The molecule has 5 aromatic carbocycles. The lowest BCUT2D eigenvalue weighted by molar-refractivity contribution is -0.384. The topological polar surface area (TPSA) is 126 Å². The minimum atomic E-state index is -0.612. The van der Waals surface area contributed by atoms with Crippen LogP contribution in [0.2, 0.25) is 0 Å². The van der Waals surface area contributed by atoms with Gasteiger partial charge in [0.1, 0.15) is 0 Å². The zero-order chi connectivity index (χ0) is 38.1. The van der Waals surface area contributed by atoms with Gasteiger partial charge < -0.3 is 19.5 Å². The first-order chi connectivity index (χ1) is 26.7. The fourth-order valence-electron chi connectivity index (χ4n) is 7.80. The number of fused-ring (bicyclic) bond motifs is 1. The molecule has 0 spiro atoms. The van der Waals surface area contributed by atoms with Crippen molar-refractivity contribution in [3.05, 3.63) is 165 Å². The molecule has 55 heavy (non-hydrogen) atoms. The number of carbonyl (C=O) groups excluding carboxylic acids is 2. The van der Waals surface area contributed by atoms with Crippen LogP contribution in [0.3, 0.4) is 0 Å². The molecule has 2 saturated heterocycles. The molecule has 2 fully saturated rings. The number of aliphatic hydroxyl groups is 1. The molecule has 0 radical (unpaired) electrons. The molecular formula is C44H42N4O7. The summed E-state index contributed by atoms with van der Waals surface area (Å²) in [5.41, 5.74) is 7.50. The lowest BCUT2D eigenvalue weighted by atomic mass is 9.89. The molecule has 2 amide bonds. The first-order valence-corrected chi connectivity index (χ1v) is 18.6. The van der Waals surface area contributed by atoms with Crippen LogP contribution in [-0.2, 0) is 22.6 Å². The third-order valence-electron chi connectivity index (χ3n) is 11.0. The molecule has 3 aliphatic heterocycles. The minimum Gasteiger partial charge on any atom is -0.392 e. The fraction of sp³-hybridized carbons (Fsp3) is 0.273. The SMILES string of the molecule is CC1C(CN2CCN(c3ccc([N+](=O)[O-])cc3)CC2)OC(c2ccc(-c3cccc(CN4C(=O)c5ccccc5C4=O)c3)cc2)OC1c1ccc(CO)cc1. The maximum absolute atomic E-state index is 13.0. The highest BCUT2D eigenvalue weighted by Crippen LogP contribution is 2.42. The van der Waals surface area contributed by atoms with Crippen LogP contribution in [0.15, 0.2) is 121 Å². The third-order valence-corrected chi connectivity index (χ3v) is 11.0. The van der Waals surface area contributed by atoms with E-state index in [0.29, 0.717) is 11.1 Å². The number of hydrogen-bond acceptors (Lipinski definition) is 9. The van der Waals surface area contributed by atoms with Crippen LogP contribution >= 0.6 is 0 Å². The van der Waals surface area contributed by atoms with Crippen molar-refractivity contribution >= 4 is 23.2 Å². The number of nitrogens with zero attached hydrogens (tertiary/aromatic N) is 4. The number of rotatable bonds is 10. The van der Waals surface area contributed by atoms with Gasteiger partial charge in [-0.15, -0.1) is 0 Å². The third kappa shape index (κ3) is 7.52. The summed E-state index contributed by atoms with van der Waals surface area (Å²) in [4.78, 5) is 42.7. The summed E-state index contributed by atoms with van der Waals surface area (Å²) in [7, 11) is 0. The van der Waals surface area contributed by atoms with Crippen LogP contribution < -0.4 is 4.90 Å². The quantitative estimate of drug-likeness (QED) is 0.0903. The number of nitro benzene ring substituents is 1. The summed E-state index contributed by atoms with van der Waals surface area (Å²) < 4.78 is 13.5. The Kier molecular flexibility index (Phi) is 10.3. The molecule has 0 saturated carbocycles. The number of aliphatic hydroxyl groups excluding tert-OH is 1. The van der Waals surface area contributed by atoms with Crippen molar-refractivity contribution < 1.29 is 29.1 Å². The highest BCUT2D eigenvalue weighted by molar-refractivity contribution is 6.21. The van der Waals surface area contributed by atoms with Gasteiger partial charge >= 0.3 is 0 Å². The molecule has 3 aliphatic rings. The van der Waals surface area contributed by atoms with Crippen molar-refractivity contribution in [2.24, 2.45) is 5.92 Å². The van der Waals surface area contributed by atoms with Crippen LogP contribution in [0.1, 0.15) is 62.3 Å². The van der Waals surface area contributed by atoms with Crippen molar-refractivity contribution in [3.63, 3.8) is 0 Å². The molecule has 0 aromatic heterocycles. The summed E-state index contributed by atoms with van der Waals surface area (Å²) in [6.07, 6.45) is -0.985. The van der Waals surface area contributed by atoms with Gasteiger partial charge in [-0.25, -0.2) is 0 Å². The first-order valence-electron chi connectivity index (χ1n) is 18.6. The molecule has 5 aromatic rings. The Morgan fingerprint density at radius 3 is 2.02 bits per heavy atom. The number of hydrogen-bond donors (Lipinski definition) is 1. The average Bonchev–Trinajstić information content (AvgIpc) is 3.46. The van der Waals surface area contributed by atoms with Crippen LogP contribution in [0.4, 0.5) is 11.4 Å². The summed E-state index contributed by atoms with van der Waals surface area (Å²) in [6.45, 7) is 6.29. The number of benzene rings is 5. The molecule has 11 nitrogen and oxygen atoms in total. The van der Waals surface area contributed by atoms with Gasteiger partial charge in [-0.3, -0.25) is 29.5 Å². The molecule has 4 atom stereocenters. The first kappa shape index (κ1) is 36.3. The van der Waals surface area contributed by atoms with Crippen LogP contribution in [0.25, 0.3) is 11.1 Å².